The van der Waals surface area contributed by atoms with E-state index < -0.39 is 0 Å². The average Bonchev–Trinajstić information content (AvgIpc) is 3.04. The van der Waals surface area contributed by atoms with Crippen LogP contribution >= 0.6 is 11.3 Å². The SMILES string of the molecule is CC(Cc1cccc(F)c1)C(=O)Nc1ncc(C2CCNCC2)s1. The number of nitrogens with zero attached hydrogens (tertiary/aromatic N) is 1. The lowest BCUT2D eigenvalue weighted by Crippen LogP contribution is -2.26. The van der Waals surface area contributed by atoms with Crippen LogP contribution in [0.1, 0.15) is 36.1 Å². The van der Waals surface area contributed by atoms with E-state index in [9.17, 15) is 9.18 Å². The minimum absolute atomic E-state index is 0.0783. The first-order valence-corrected chi connectivity index (χ1v) is 9.15. The highest BCUT2D eigenvalue weighted by atomic mass is 32.1. The minimum atomic E-state index is -0.272. The molecule has 2 aromatic rings. The number of halogens is 1. The number of hydrogen-bond acceptors (Lipinski definition) is 4. The molecule has 0 saturated carbocycles. The number of benzene rings is 1. The number of nitrogens with one attached hydrogen (secondary N) is 2. The molecule has 4 nitrogen and oxygen atoms in total. The maximum atomic E-state index is 13.2. The summed E-state index contributed by atoms with van der Waals surface area (Å²) in [5.41, 5.74) is 0.826. The molecule has 3 rings (SSSR count). The van der Waals surface area contributed by atoms with Gasteiger partial charge in [0.2, 0.25) is 5.91 Å². The van der Waals surface area contributed by atoms with Crippen LogP contribution in [0.4, 0.5) is 9.52 Å². The van der Waals surface area contributed by atoms with Gasteiger partial charge in [0, 0.05) is 17.0 Å². The molecule has 1 aromatic heterocycles. The first kappa shape index (κ1) is 17.0. The van der Waals surface area contributed by atoms with Crippen molar-refractivity contribution < 1.29 is 9.18 Å². The standard InChI is InChI=1S/C18H22FN3OS/c1-12(9-13-3-2-4-15(19)10-13)17(23)22-18-21-11-16(24-18)14-5-7-20-8-6-14/h2-4,10-12,14,20H,5-9H2,1H3,(H,21,22,23). The Labute approximate surface area is 145 Å². The normalized spacial score (nSPS) is 16.8. The predicted molar refractivity (Wildman–Crippen MR) is 94.9 cm³/mol. The second-order valence-electron chi connectivity index (χ2n) is 6.32. The van der Waals surface area contributed by atoms with Gasteiger partial charge in [-0.25, -0.2) is 9.37 Å². The van der Waals surface area contributed by atoms with E-state index in [1.807, 2.05) is 19.2 Å². The molecular formula is C18H22FN3OS. The fraction of sp³-hybridized carbons (Fsp3) is 0.444. The molecule has 0 aliphatic carbocycles. The lowest BCUT2D eigenvalue weighted by molar-refractivity contribution is -0.119. The van der Waals surface area contributed by atoms with Crippen LogP contribution in [-0.4, -0.2) is 24.0 Å². The van der Waals surface area contributed by atoms with Crippen LogP contribution < -0.4 is 10.6 Å². The third-order valence-electron chi connectivity index (χ3n) is 4.37. The van der Waals surface area contributed by atoms with Crippen molar-refractivity contribution in [3.8, 4) is 0 Å². The number of aromatic nitrogens is 1. The number of carbonyl (C=O) groups excluding carboxylic acids is 1. The fourth-order valence-electron chi connectivity index (χ4n) is 2.98. The first-order chi connectivity index (χ1) is 11.6. The largest absolute Gasteiger partial charge is 0.317 e. The van der Waals surface area contributed by atoms with Gasteiger partial charge in [-0.05, 0) is 56.0 Å². The Morgan fingerprint density at radius 1 is 1.46 bits per heavy atom. The molecule has 1 aromatic carbocycles. The van der Waals surface area contributed by atoms with Gasteiger partial charge >= 0.3 is 0 Å². The highest BCUT2D eigenvalue weighted by molar-refractivity contribution is 7.15. The number of piperidine rings is 1. The summed E-state index contributed by atoms with van der Waals surface area (Å²) in [7, 11) is 0. The van der Waals surface area contributed by atoms with Crippen LogP contribution in [0.3, 0.4) is 0 Å². The molecule has 0 bridgehead atoms. The number of anilines is 1. The molecule has 1 unspecified atom stereocenters. The van der Waals surface area contributed by atoms with Crippen molar-refractivity contribution in [1.29, 1.82) is 0 Å². The summed E-state index contributed by atoms with van der Waals surface area (Å²) in [6.45, 7) is 3.92. The van der Waals surface area contributed by atoms with Crippen LogP contribution in [0.2, 0.25) is 0 Å². The molecule has 24 heavy (non-hydrogen) atoms. The Hall–Kier alpha value is -1.79. The summed E-state index contributed by atoms with van der Waals surface area (Å²) >= 11 is 1.56. The Morgan fingerprint density at radius 2 is 2.25 bits per heavy atom. The molecule has 1 aliphatic rings. The number of thiazole rings is 1. The Bertz CT molecular complexity index is 697. The van der Waals surface area contributed by atoms with Crippen molar-refractivity contribution in [3.63, 3.8) is 0 Å². The van der Waals surface area contributed by atoms with Crippen molar-refractivity contribution in [2.24, 2.45) is 5.92 Å². The van der Waals surface area contributed by atoms with E-state index in [1.165, 1.54) is 17.0 Å². The summed E-state index contributed by atoms with van der Waals surface area (Å²) in [6.07, 6.45) is 4.63. The third kappa shape index (κ3) is 4.39. The summed E-state index contributed by atoms with van der Waals surface area (Å²) < 4.78 is 13.2. The van der Waals surface area contributed by atoms with Crippen LogP contribution in [0.25, 0.3) is 0 Å². The maximum Gasteiger partial charge on any atom is 0.229 e. The second kappa shape index (κ2) is 7.85. The van der Waals surface area contributed by atoms with Crippen LogP contribution in [0.5, 0.6) is 0 Å². The van der Waals surface area contributed by atoms with Gasteiger partial charge in [-0.15, -0.1) is 11.3 Å². The molecule has 0 spiro atoms. The van der Waals surface area contributed by atoms with Crippen LogP contribution in [0, 0.1) is 11.7 Å². The number of rotatable bonds is 5. The lowest BCUT2D eigenvalue weighted by atomic mass is 9.97. The number of amides is 1. The lowest BCUT2D eigenvalue weighted by Gasteiger charge is -2.20. The molecule has 2 N–H and O–H groups in total. The monoisotopic (exact) mass is 347 g/mol. The first-order valence-electron chi connectivity index (χ1n) is 8.33. The number of hydrogen-bond donors (Lipinski definition) is 2. The predicted octanol–water partition coefficient (Wildman–Crippen LogP) is 3.57. The molecule has 0 radical (unpaired) electrons. The van der Waals surface area contributed by atoms with Crippen LogP contribution in [-0.2, 0) is 11.2 Å². The number of carbonyl (C=O) groups is 1. The quantitative estimate of drug-likeness (QED) is 0.869. The Balaban J connectivity index is 1.57. The van der Waals surface area contributed by atoms with Gasteiger partial charge in [-0.2, -0.15) is 0 Å². The van der Waals surface area contributed by atoms with E-state index in [1.54, 1.807) is 17.4 Å². The molecule has 1 atom stereocenters. The van der Waals surface area contributed by atoms with Gasteiger partial charge in [0.25, 0.3) is 0 Å². The summed E-state index contributed by atoms with van der Waals surface area (Å²) in [5, 5.41) is 6.90. The zero-order chi connectivity index (χ0) is 16.9. The zero-order valence-electron chi connectivity index (χ0n) is 13.7. The maximum absolute atomic E-state index is 13.2. The van der Waals surface area contributed by atoms with Crippen molar-refractivity contribution >= 4 is 22.4 Å². The molecule has 1 amide bonds. The summed E-state index contributed by atoms with van der Waals surface area (Å²) in [5.74, 6) is -0.0470. The van der Waals surface area contributed by atoms with E-state index in [4.69, 9.17) is 0 Å². The highest BCUT2D eigenvalue weighted by Crippen LogP contribution is 2.31. The smallest absolute Gasteiger partial charge is 0.229 e. The van der Waals surface area contributed by atoms with Gasteiger partial charge in [0.15, 0.2) is 5.13 Å². The van der Waals surface area contributed by atoms with E-state index in [0.717, 1.165) is 31.5 Å². The van der Waals surface area contributed by atoms with Gasteiger partial charge in [-0.1, -0.05) is 19.1 Å². The molecule has 128 valence electrons. The minimum Gasteiger partial charge on any atom is -0.317 e. The highest BCUT2D eigenvalue weighted by Gasteiger charge is 2.20. The Kier molecular flexibility index (Phi) is 5.58. The summed E-state index contributed by atoms with van der Waals surface area (Å²) in [4.78, 5) is 17.9. The molecule has 1 fully saturated rings. The third-order valence-corrected chi connectivity index (χ3v) is 5.45. The summed E-state index contributed by atoms with van der Waals surface area (Å²) in [6, 6.07) is 6.39. The van der Waals surface area contributed by atoms with E-state index >= 15 is 0 Å². The average molecular weight is 347 g/mol. The Morgan fingerprint density at radius 3 is 3.00 bits per heavy atom. The van der Waals surface area contributed by atoms with Crippen molar-refractivity contribution in [3.05, 3.63) is 46.7 Å². The van der Waals surface area contributed by atoms with E-state index in [-0.39, 0.29) is 17.6 Å². The molecule has 1 aliphatic heterocycles. The topological polar surface area (TPSA) is 54.0 Å². The van der Waals surface area contributed by atoms with E-state index in [2.05, 4.69) is 15.6 Å². The van der Waals surface area contributed by atoms with Crippen molar-refractivity contribution in [2.45, 2.75) is 32.1 Å². The molecular weight excluding hydrogens is 325 g/mol. The van der Waals surface area contributed by atoms with Crippen molar-refractivity contribution in [1.82, 2.24) is 10.3 Å². The second-order valence-corrected chi connectivity index (χ2v) is 7.38. The van der Waals surface area contributed by atoms with Gasteiger partial charge < -0.3 is 10.6 Å². The van der Waals surface area contributed by atoms with Crippen molar-refractivity contribution in [2.75, 3.05) is 18.4 Å². The van der Waals surface area contributed by atoms with Gasteiger partial charge in [0.1, 0.15) is 5.82 Å². The van der Waals surface area contributed by atoms with Gasteiger partial charge in [0.05, 0.1) is 0 Å². The molecule has 1 saturated heterocycles. The van der Waals surface area contributed by atoms with Gasteiger partial charge in [-0.3, -0.25) is 4.79 Å². The van der Waals surface area contributed by atoms with Crippen LogP contribution in [0.15, 0.2) is 30.5 Å². The molecule has 6 heteroatoms. The fourth-order valence-corrected chi connectivity index (χ4v) is 3.97. The molecule has 2 heterocycles. The van der Waals surface area contributed by atoms with E-state index in [0.29, 0.717) is 17.5 Å². The zero-order valence-corrected chi connectivity index (χ0v) is 14.5.